The molecule has 0 atom stereocenters. The Hall–Kier alpha value is -3.39. The lowest BCUT2D eigenvalue weighted by Gasteiger charge is -2.04. The van der Waals surface area contributed by atoms with Crippen molar-refractivity contribution < 1.29 is 4.79 Å². The first-order valence-corrected chi connectivity index (χ1v) is 9.17. The summed E-state index contributed by atoms with van der Waals surface area (Å²) in [5.74, 6) is 0.00391. The minimum Gasteiger partial charge on any atom is -0.290 e. The summed E-state index contributed by atoms with van der Waals surface area (Å²) in [6, 6.07) is 30.2. The molecule has 0 aliphatic heterocycles. The van der Waals surface area contributed by atoms with Crippen LogP contribution < -0.4 is 0 Å². The molecule has 1 heterocycles. The Kier molecular flexibility index (Phi) is 4.97. The second-order valence-corrected chi connectivity index (χ2v) is 6.71. The van der Waals surface area contributed by atoms with Crippen LogP contribution in [0.15, 0.2) is 103 Å². The largest absolute Gasteiger partial charge is 0.290 e. The van der Waals surface area contributed by atoms with Crippen molar-refractivity contribution in [2.24, 2.45) is 0 Å². The van der Waals surface area contributed by atoms with E-state index in [0.29, 0.717) is 5.56 Å². The normalized spacial score (nSPS) is 10.7. The molecule has 0 fully saturated rings. The average molecular weight is 351 g/mol. The first kappa shape index (κ1) is 17.0. The molecule has 0 spiro atoms. The fourth-order valence-electron chi connectivity index (χ4n) is 3.34. The molecule has 0 bridgehead atoms. The molecule has 0 saturated heterocycles. The third-order valence-electron chi connectivity index (χ3n) is 4.73. The maximum atomic E-state index is 12.9. The fourth-order valence-corrected chi connectivity index (χ4v) is 3.34. The average Bonchev–Trinajstić information content (AvgIpc) is 3.12. The number of hydrogen-bond acceptors (Lipinski definition) is 1. The molecular formula is C25H21NO. The quantitative estimate of drug-likeness (QED) is 0.474. The van der Waals surface area contributed by atoms with Crippen LogP contribution in [0.25, 0.3) is 0 Å². The number of nitrogens with zero attached hydrogens (tertiary/aromatic N) is 1. The first-order valence-electron chi connectivity index (χ1n) is 9.17. The van der Waals surface area contributed by atoms with Gasteiger partial charge in [0.1, 0.15) is 0 Å². The van der Waals surface area contributed by atoms with Gasteiger partial charge in [-0.1, -0.05) is 78.9 Å². The minimum atomic E-state index is 0.00391. The van der Waals surface area contributed by atoms with Gasteiger partial charge in [-0.15, -0.1) is 0 Å². The molecule has 0 N–H and O–H groups in total. The number of benzene rings is 3. The van der Waals surface area contributed by atoms with Crippen molar-refractivity contribution in [3.05, 3.63) is 131 Å². The van der Waals surface area contributed by atoms with Gasteiger partial charge in [0, 0.05) is 18.0 Å². The molecule has 2 nitrogen and oxygen atoms in total. The number of aromatic nitrogens is 1. The minimum absolute atomic E-state index is 0.00391. The highest BCUT2D eigenvalue weighted by molar-refractivity contribution is 5.96. The van der Waals surface area contributed by atoms with Gasteiger partial charge in [0.15, 0.2) is 0 Å². The van der Waals surface area contributed by atoms with Gasteiger partial charge in [-0.2, -0.15) is 0 Å². The van der Waals surface area contributed by atoms with Gasteiger partial charge in [-0.3, -0.25) is 9.36 Å². The summed E-state index contributed by atoms with van der Waals surface area (Å²) in [4.78, 5) is 12.9. The van der Waals surface area contributed by atoms with Gasteiger partial charge in [-0.05, 0) is 47.2 Å². The lowest BCUT2D eigenvalue weighted by molar-refractivity contribution is 0.0960. The highest BCUT2D eigenvalue weighted by Gasteiger charge is 2.14. The molecule has 0 unspecified atom stereocenters. The zero-order chi connectivity index (χ0) is 18.5. The van der Waals surface area contributed by atoms with E-state index < -0.39 is 0 Å². The third kappa shape index (κ3) is 4.06. The van der Waals surface area contributed by atoms with Crippen LogP contribution in [0.3, 0.4) is 0 Å². The van der Waals surface area contributed by atoms with E-state index in [4.69, 9.17) is 0 Å². The van der Waals surface area contributed by atoms with E-state index in [-0.39, 0.29) is 5.91 Å². The van der Waals surface area contributed by atoms with E-state index in [1.165, 1.54) is 22.3 Å². The van der Waals surface area contributed by atoms with Gasteiger partial charge >= 0.3 is 0 Å². The maximum absolute atomic E-state index is 12.9. The smallest absolute Gasteiger partial charge is 0.261 e. The summed E-state index contributed by atoms with van der Waals surface area (Å²) in [5.41, 5.74) is 5.57. The molecule has 132 valence electrons. The summed E-state index contributed by atoms with van der Waals surface area (Å²) in [7, 11) is 0. The lowest BCUT2D eigenvalue weighted by atomic mass is 9.99. The third-order valence-corrected chi connectivity index (χ3v) is 4.73. The van der Waals surface area contributed by atoms with E-state index in [1.807, 2.05) is 54.9 Å². The molecule has 0 radical (unpaired) electrons. The molecule has 0 saturated carbocycles. The molecule has 0 aliphatic rings. The van der Waals surface area contributed by atoms with Crippen molar-refractivity contribution in [1.29, 1.82) is 0 Å². The maximum Gasteiger partial charge on any atom is 0.261 e. The van der Waals surface area contributed by atoms with Crippen molar-refractivity contribution in [2.75, 3.05) is 0 Å². The summed E-state index contributed by atoms with van der Waals surface area (Å²) < 4.78 is 1.73. The van der Waals surface area contributed by atoms with Gasteiger partial charge in [0.05, 0.1) is 0 Å². The molecule has 4 rings (SSSR count). The summed E-state index contributed by atoms with van der Waals surface area (Å²) in [5, 5.41) is 0. The van der Waals surface area contributed by atoms with E-state index in [1.54, 1.807) is 4.57 Å². The van der Waals surface area contributed by atoms with Crippen LogP contribution >= 0.6 is 0 Å². The summed E-state index contributed by atoms with van der Waals surface area (Å²) in [6.07, 6.45) is 5.61. The zero-order valence-corrected chi connectivity index (χ0v) is 15.1. The molecular weight excluding hydrogens is 330 g/mol. The van der Waals surface area contributed by atoms with Crippen molar-refractivity contribution in [3.8, 4) is 0 Å². The van der Waals surface area contributed by atoms with Crippen LogP contribution in [-0.2, 0) is 12.8 Å². The fraction of sp³-hybridized carbons (Fsp3) is 0.0800. The van der Waals surface area contributed by atoms with Crippen LogP contribution in [0.4, 0.5) is 0 Å². The van der Waals surface area contributed by atoms with E-state index in [0.717, 1.165) is 12.8 Å². The van der Waals surface area contributed by atoms with E-state index in [2.05, 4.69) is 48.5 Å². The van der Waals surface area contributed by atoms with Gasteiger partial charge in [0.2, 0.25) is 0 Å². The monoisotopic (exact) mass is 351 g/mol. The van der Waals surface area contributed by atoms with Crippen LogP contribution in [0, 0.1) is 0 Å². The summed E-state index contributed by atoms with van der Waals surface area (Å²) >= 11 is 0. The van der Waals surface area contributed by atoms with Crippen molar-refractivity contribution in [1.82, 2.24) is 4.57 Å². The Morgan fingerprint density at radius 3 is 1.44 bits per heavy atom. The predicted molar refractivity (Wildman–Crippen MR) is 109 cm³/mol. The second-order valence-electron chi connectivity index (χ2n) is 6.71. The molecule has 3 aromatic carbocycles. The lowest BCUT2D eigenvalue weighted by Crippen LogP contribution is -2.09. The predicted octanol–water partition coefficient (Wildman–Crippen LogP) is 5.36. The molecule has 0 aliphatic carbocycles. The van der Waals surface area contributed by atoms with Crippen LogP contribution in [0.2, 0.25) is 0 Å². The molecule has 4 aromatic rings. The molecule has 27 heavy (non-hydrogen) atoms. The standard InChI is InChI=1S/C25H21NO/c27-25(22-14-8-3-9-15-22)26-18-23(16-20-10-4-1-5-11-20)24(19-26)17-21-12-6-2-7-13-21/h1-15,18-19H,16-17H2. The number of rotatable bonds is 5. The van der Waals surface area contributed by atoms with Gasteiger partial charge < -0.3 is 0 Å². The summed E-state index contributed by atoms with van der Waals surface area (Å²) in [6.45, 7) is 0. The van der Waals surface area contributed by atoms with Crippen molar-refractivity contribution >= 4 is 5.91 Å². The molecule has 1 aromatic heterocycles. The molecule has 2 heteroatoms. The van der Waals surface area contributed by atoms with Crippen LogP contribution in [0.1, 0.15) is 32.6 Å². The van der Waals surface area contributed by atoms with Crippen LogP contribution in [0.5, 0.6) is 0 Å². The zero-order valence-electron chi connectivity index (χ0n) is 15.1. The van der Waals surface area contributed by atoms with Gasteiger partial charge in [0.25, 0.3) is 5.91 Å². The van der Waals surface area contributed by atoms with Crippen molar-refractivity contribution in [3.63, 3.8) is 0 Å². The first-order chi connectivity index (χ1) is 13.3. The van der Waals surface area contributed by atoms with Crippen molar-refractivity contribution in [2.45, 2.75) is 12.8 Å². The second kappa shape index (κ2) is 7.88. The Morgan fingerprint density at radius 1 is 0.593 bits per heavy atom. The Labute approximate surface area is 159 Å². The van der Waals surface area contributed by atoms with Crippen LogP contribution in [-0.4, -0.2) is 10.5 Å². The molecule has 0 amide bonds. The number of carbonyl (C=O) groups is 1. The SMILES string of the molecule is O=C(c1ccccc1)n1cc(Cc2ccccc2)c(Cc2ccccc2)c1. The Bertz CT molecular complexity index is 959. The Morgan fingerprint density at radius 2 is 1.00 bits per heavy atom. The topological polar surface area (TPSA) is 22.0 Å². The number of carbonyl (C=O) groups excluding carboxylic acids is 1. The Balaban J connectivity index is 1.69. The number of hydrogen-bond donors (Lipinski definition) is 0. The highest BCUT2D eigenvalue weighted by atomic mass is 16.2. The van der Waals surface area contributed by atoms with E-state index >= 15 is 0 Å². The van der Waals surface area contributed by atoms with E-state index in [9.17, 15) is 4.79 Å². The van der Waals surface area contributed by atoms with Gasteiger partial charge in [-0.25, -0.2) is 0 Å². The highest BCUT2D eigenvalue weighted by Crippen LogP contribution is 2.20.